The Morgan fingerprint density at radius 3 is 1.89 bits per heavy atom. The quantitative estimate of drug-likeness (QED) is 0.562. The fourth-order valence-corrected chi connectivity index (χ4v) is 2.90. The van der Waals surface area contributed by atoms with Gasteiger partial charge in [-0.05, 0) is 26.7 Å². The molecule has 2 heterocycles. The second-order valence-corrected chi connectivity index (χ2v) is 4.89. The maximum absolute atomic E-state index is 12.2. The molecule has 0 amide bonds. The summed E-state index contributed by atoms with van der Waals surface area (Å²) in [5.41, 5.74) is -1.14. The molecule has 0 aromatic heterocycles. The summed E-state index contributed by atoms with van der Waals surface area (Å²) in [5.74, 6) is -0.910. The highest BCUT2D eigenvalue weighted by Gasteiger charge is 2.56. The van der Waals surface area contributed by atoms with Gasteiger partial charge in [0.2, 0.25) is 0 Å². The van der Waals surface area contributed by atoms with E-state index in [1.165, 1.54) is 0 Å². The highest BCUT2D eigenvalue weighted by molar-refractivity contribution is 6.00. The van der Waals surface area contributed by atoms with Crippen molar-refractivity contribution in [1.82, 2.24) is 0 Å². The van der Waals surface area contributed by atoms with Crippen molar-refractivity contribution < 1.29 is 23.8 Å². The Balaban J connectivity index is 2.22. The molecule has 0 radical (unpaired) electrons. The number of carbonyl (C=O) groups is 2. The number of fused-ring (bicyclic) bond motifs is 2. The van der Waals surface area contributed by atoms with Gasteiger partial charge in [-0.3, -0.25) is 9.59 Å². The van der Waals surface area contributed by atoms with E-state index < -0.39 is 17.4 Å². The molecule has 102 valence electrons. The van der Waals surface area contributed by atoms with Gasteiger partial charge in [0.15, 0.2) is 5.41 Å². The monoisotopic (exact) mass is 256 g/mol. The lowest BCUT2D eigenvalue weighted by atomic mass is 9.77. The Labute approximate surface area is 107 Å². The molecule has 2 rings (SSSR count). The molecule has 2 fully saturated rings. The minimum absolute atomic E-state index is 0.0161. The van der Waals surface area contributed by atoms with Crippen LogP contribution in [0.1, 0.15) is 39.5 Å². The first kappa shape index (κ1) is 13.3. The second kappa shape index (κ2) is 5.26. The van der Waals surface area contributed by atoms with Crippen LogP contribution in [0.2, 0.25) is 0 Å². The summed E-state index contributed by atoms with van der Waals surface area (Å²) in [6, 6.07) is 0. The van der Waals surface area contributed by atoms with Gasteiger partial charge in [0, 0.05) is 12.8 Å². The van der Waals surface area contributed by atoms with Crippen molar-refractivity contribution in [1.29, 1.82) is 0 Å². The van der Waals surface area contributed by atoms with Crippen LogP contribution < -0.4 is 0 Å². The number of hydrogen-bond donors (Lipinski definition) is 0. The Morgan fingerprint density at radius 2 is 1.50 bits per heavy atom. The van der Waals surface area contributed by atoms with Gasteiger partial charge in [0.05, 0.1) is 25.4 Å². The minimum Gasteiger partial charge on any atom is -0.465 e. The molecule has 0 aliphatic carbocycles. The molecule has 0 N–H and O–H groups in total. The fourth-order valence-electron chi connectivity index (χ4n) is 2.90. The summed E-state index contributed by atoms with van der Waals surface area (Å²) < 4.78 is 15.9. The summed E-state index contributed by atoms with van der Waals surface area (Å²) in [6.07, 6.45) is 2.56. The van der Waals surface area contributed by atoms with E-state index in [1.807, 2.05) is 0 Å². The Hall–Kier alpha value is -1.10. The van der Waals surface area contributed by atoms with Crippen LogP contribution in [0.5, 0.6) is 0 Å². The highest BCUT2D eigenvalue weighted by atomic mass is 16.6. The van der Waals surface area contributed by atoms with E-state index in [-0.39, 0.29) is 25.4 Å². The molecular weight excluding hydrogens is 236 g/mol. The van der Waals surface area contributed by atoms with Gasteiger partial charge in [-0.15, -0.1) is 0 Å². The number of rotatable bonds is 4. The van der Waals surface area contributed by atoms with E-state index in [9.17, 15) is 9.59 Å². The number of esters is 2. The van der Waals surface area contributed by atoms with Crippen molar-refractivity contribution in [3.05, 3.63) is 0 Å². The van der Waals surface area contributed by atoms with Crippen LogP contribution >= 0.6 is 0 Å². The first-order valence-corrected chi connectivity index (χ1v) is 6.62. The van der Waals surface area contributed by atoms with Gasteiger partial charge in [0.25, 0.3) is 0 Å². The van der Waals surface area contributed by atoms with Crippen LogP contribution in [0.4, 0.5) is 0 Å². The lowest BCUT2D eigenvalue weighted by Crippen LogP contribution is -2.49. The molecule has 0 spiro atoms. The van der Waals surface area contributed by atoms with E-state index in [2.05, 4.69) is 0 Å². The predicted molar refractivity (Wildman–Crippen MR) is 62.8 cm³/mol. The van der Waals surface area contributed by atoms with Crippen molar-refractivity contribution >= 4 is 11.9 Å². The van der Waals surface area contributed by atoms with Crippen molar-refractivity contribution in [2.45, 2.75) is 51.7 Å². The van der Waals surface area contributed by atoms with Crippen LogP contribution in [0.25, 0.3) is 0 Å². The lowest BCUT2D eigenvalue weighted by Gasteiger charge is -2.36. The molecule has 18 heavy (non-hydrogen) atoms. The zero-order chi connectivity index (χ0) is 13.2. The summed E-state index contributed by atoms with van der Waals surface area (Å²) in [7, 11) is 0. The molecule has 0 saturated carbocycles. The molecule has 0 aromatic carbocycles. The largest absolute Gasteiger partial charge is 0.465 e. The van der Waals surface area contributed by atoms with Gasteiger partial charge >= 0.3 is 11.9 Å². The zero-order valence-electron chi connectivity index (χ0n) is 10.9. The number of hydrogen-bond acceptors (Lipinski definition) is 5. The van der Waals surface area contributed by atoms with E-state index in [0.29, 0.717) is 12.8 Å². The average Bonchev–Trinajstić information content (AvgIpc) is 2.69. The Kier molecular flexibility index (Phi) is 3.90. The third kappa shape index (κ3) is 2.23. The van der Waals surface area contributed by atoms with Gasteiger partial charge < -0.3 is 14.2 Å². The SMILES string of the molecule is CCOC(=O)C1(C(=O)OCC)CC2CCC(C1)O2. The van der Waals surface area contributed by atoms with E-state index in [1.54, 1.807) is 13.8 Å². The third-order valence-electron chi connectivity index (χ3n) is 3.68. The van der Waals surface area contributed by atoms with Crippen LogP contribution in [-0.2, 0) is 23.8 Å². The van der Waals surface area contributed by atoms with E-state index in [4.69, 9.17) is 14.2 Å². The average molecular weight is 256 g/mol. The number of carbonyl (C=O) groups excluding carboxylic acids is 2. The normalized spacial score (nSPS) is 28.8. The molecule has 0 aromatic rings. The van der Waals surface area contributed by atoms with Crippen molar-refractivity contribution in [3.63, 3.8) is 0 Å². The van der Waals surface area contributed by atoms with Crippen LogP contribution in [0, 0.1) is 5.41 Å². The third-order valence-corrected chi connectivity index (χ3v) is 3.68. The Bertz CT molecular complexity index is 306. The molecule has 5 heteroatoms. The van der Waals surface area contributed by atoms with Gasteiger partial charge in [-0.1, -0.05) is 0 Å². The highest BCUT2D eigenvalue weighted by Crippen LogP contribution is 2.45. The first-order chi connectivity index (χ1) is 8.62. The van der Waals surface area contributed by atoms with Crippen molar-refractivity contribution in [2.24, 2.45) is 5.41 Å². The maximum Gasteiger partial charge on any atom is 0.323 e. The summed E-state index contributed by atoms with van der Waals surface area (Å²) in [5, 5.41) is 0. The zero-order valence-corrected chi connectivity index (χ0v) is 10.9. The molecule has 5 nitrogen and oxygen atoms in total. The molecule has 2 bridgehead atoms. The molecule has 2 unspecified atom stereocenters. The standard InChI is InChI=1S/C13H20O5/c1-3-16-11(14)13(12(15)17-4-2)7-9-5-6-10(8-13)18-9/h9-10H,3-8H2,1-2H3. The Morgan fingerprint density at radius 1 is 1.06 bits per heavy atom. The smallest absolute Gasteiger partial charge is 0.323 e. The van der Waals surface area contributed by atoms with Gasteiger partial charge in [-0.2, -0.15) is 0 Å². The molecule has 2 atom stereocenters. The maximum atomic E-state index is 12.2. The summed E-state index contributed by atoms with van der Waals surface area (Å²) in [4.78, 5) is 24.4. The molecule has 2 saturated heterocycles. The molecular formula is C13H20O5. The predicted octanol–water partition coefficient (Wildman–Crippen LogP) is 1.44. The van der Waals surface area contributed by atoms with Gasteiger partial charge in [0.1, 0.15) is 0 Å². The molecule has 2 aliphatic rings. The van der Waals surface area contributed by atoms with Crippen molar-refractivity contribution in [2.75, 3.05) is 13.2 Å². The van der Waals surface area contributed by atoms with Crippen LogP contribution in [0.15, 0.2) is 0 Å². The second-order valence-electron chi connectivity index (χ2n) is 4.89. The topological polar surface area (TPSA) is 61.8 Å². The summed E-state index contributed by atoms with van der Waals surface area (Å²) in [6.45, 7) is 4.03. The minimum atomic E-state index is -1.14. The van der Waals surface area contributed by atoms with E-state index in [0.717, 1.165) is 12.8 Å². The fraction of sp³-hybridized carbons (Fsp3) is 0.846. The lowest BCUT2D eigenvalue weighted by molar-refractivity contribution is -0.184. The number of ether oxygens (including phenoxy) is 3. The molecule has 2 aliphatic heterocycles. The first-order valence-electron chi connectivity index (χ1n) is 6.62. The summed E-state index contributed by atoms with van der Waals surface area (Å²) >= 11 is 0. The van der Waals surface area contributed by atoms with Crippen molar-refractivity contribution in [3.8, 4) is 0 Å². The van der Waals surface area contributed by atoms with Crippen LogP contribution in [0.3, 0.4) is 0 Å². The van der Waals surface area contributed by atoms with E-state index >= 15 is 0 Å². The van der Waals surface area contributed by atoms with Gasteiger partial charge in [-0.25, -0.2) is 0 Å². The van der Waals surface area contributed by atoms with Crippen LogP contribution in [-0.4, -0.2) is 37.4 Å².